The van der Waals surface area contributed by atoms with Crippen molar-refractivity contribution in [2.75, 3.05) is 40.0 Å². The van der Waals surface area contributed by atoms with E-state index in [2.05, 4.69) is 4.98 Å². The number of carbonyl (C=O) groups is 2. The zero-order valence-corrected chi connectivity index (χ0v) is 14.9. The molecule has 0 aromatic carbocycles. The van der Waals surface area contributed by atoms with E-state index in [4.69, 9.17) is 9.47 Å². The number of pyridine rings is 1. The number of hydrogen-bond donors (Lipinski definition) is 0. The molecule has 2 atom stereocenters. The van der Waals surface area contributed by atoms with Crippen molar-refractivity contribution >= 4 is 17.5 Å². The van der Waals surface area contributed by atoms with Crippen molar-refractivity contribution in [3.05, 3.63) is 35.8 Å². The highest BCUT2D eigenvalue weighted by Gasteiger charge is 2.44. The van der Waals surface area contributed by atoms with Gasteiger partial charge >= 0.3 is 0 Å². The van der Waals surface area contributed by atoms with E-state index in [0.717, 1.165) is 11.2 Å². The Kier molecular flexibility index (Phi) is 4.37. The molecule has 8 heteroatoms. The van der Waals surface area contributed by atoms with Gasteiger partial charge in [-0.15, -0.1) is 0 Å². The van der Waals surface area contributed by atoms with Gasteiger partial charge in [-0.1, -0.05) is 6.07 Å². The van der Waals surface area contributed by atoms with Crippen LogP contribution in [-0.2, 0) is 14.3 Å². The van der Waals surface area contributed by atoms with Crippen LogP contribution in [0.15, 0.2) is 24.5 Å². The summed E-state index contributed by atoms with van der Waals surface area (Å²) in [5, 5.41) is 0. The van der Waals surface area contributed by atoms with Crippen LogP contribution in [0.5, 0.6) is 0 Å². The minimum atomic E-state index is -0.159. The Balaban J connectivity index is 1.53. The van der Waals surface area contributed by atoms with E-state index in [1.807, 2.05) is 29.7 Å². The van der Waals surface area contributed by atoms with E-state index >= 15 is 0 Å². The van der Waals surface area contributed by atoms with Crippen molar-refractivity contribution in [3.63, 3.8) is 0 Å². The molecule has 0 radical (unpaired) electrons. The molecule has 2 saturated heterocycles. The highest BCUT2D eigenvalue weighted by atomic mass is 16.5. The van der Waals surface area contributed by atoms with Gasteiger partial charge in [0.1, 0.15) is 17.9 Å². The first kappa shape index (κ1) is 17.0. The summed E-state index contributed by atoms with van der Waals surface area (Å²) in [5.41, 5.74) is 2.24. The third-order valence-corrected chi connectivity index (χ3v) is 5.02. The molecule has 2 aliphatic rings. The van der Waals surface area contributed by atoms with Gasteiger partial charge < -0.3 is 23.7 Å². The number of nitrogens with zero attached hydrogens (tertiary/aromatic N) is 4. The number of carbonyl (C=O) groups excluding carboxylic acids is 2. The van der Waals surface area contributed by atoms with Crippen LogP contribution in [0.2, 0.25) is 0 Å². The highest BCUT2D eigenvalue weighted by Crippen LogP contribution is 2.25. The molecule has 8 nitrogen and oxygen atoms in total. The van der Waals surface area contributed by atoms with Crippen molar-refractivity contribution < 1.29 is 19.1 Å². The maximum absolute atomic E-state index is 12.9. The molecule has 0 bridgehead atoms. The first-order valence-electron chi connectivity index (χ1n) is 8.71. The number of aryl methyl sites for hydroxylation is 1. The number of morpholine rings is 1. The van der Waals surface area contributed by atoms with Gasteiger partial charge in [0.05, 0.1) is 18.8 Å². The second kappa shape index (κ2) is 6.69. The monoisotopic (exact) mass is 358 g/mol. The van der Waals surface area contributed by atoms with Crippen molar-refractivity contribution in [2.45, 2.75) is 19.1 Å². The molecule has 0 unspecified atom stereocenters. The molecule has 2 aromatic rings. The number of ether oxygens (including phenoxy) is 2. The molecular formula is C18H22N4O4. The van der Waals surface area contributed by atoms with Gasteiger partial charge in [0.2, 0.25) is 5.91 Å². The van der Waals surface area contributed by atoms with Crippen LogP contribution in [-0.4, -0.2) is 83.1 Å². The Morgan fingerprint density at radius 3 is 3.00 bits per heavy atom. The van der Waals surface area contributed by atoms with Crippen LogP contribution in [0, 0.1) is 6.92 Å². The standard InChI is InChI=1S/C18H22N4O4/c1-12-3-4-16-19-13(8-20(16)7-12)18(24)21-9-14-15(10-21)26-11-17(23)22(14)5-6-25-2/h3-4,7-8,14-15H,5-6,9-11H2,1-2H3/t14-,15-/m0/s1. The molecule has 0 aliphatic carbocycles. The molecule has 0 N–H and O–H groups in total. The summed E-state index contributed by atoms with van der Waals surface area (Å²) in [5.74, 6) is -0.190. The molecule has 2 aliphatic heterocycles. The van der Waals surface area contributed by atoms with E-state index in [0.29, 0.717) is 31.9 Å². The fourth-order valence-corrected chi connectivity index (χ4v) is 3.68. The van der Waals surface area contributed by atoms with Gasteiger partial charge in [-0.3, -0.25) is 9.59 Å². The van der Waals surface area contributed by atoms with E-state index in [1.54, 1.807) is 23.1 Å². The second-order valence-electron chi connectivity index (χ2n) is 6.80. The molecule has 26 heavy (non-hydrogen) atoms. The summed E-state index contributed by atoms with van der Waals surface area (Å²) in [4.78, 5) is 33.0. The van der Waals surface area contributed by atoms with Gasteiger partial charge in [-0.05, 0) is 18.6 Å². The predicted molar refractivity (Wildman–Crippen MR) is 92.9 cm³/mol. The summed E-state index contributed by atoms with van der Waals surface area (Å²) in [7, 11) is 1.61. The third-order valence-electron chi connectivity index (χ3n) is 5.02. The molecule has 2 amide bonds. The first-order chi connectivity index (χ1) is 12.6. The lowest BCUT2D eigenvalue weighted by atomic mass is 10.1. The summed E-state index contributed by atoms with van der Waals surface area (Å²) in [6.45, 7) is 3.94. The number of imidazole rings is 1. The summed E-state index contributed by atoms with van der Waals surface area (Å²) >= 11 is 0. The molecule has 0 spiro atoms. The number of amides is 2. The maximum atomic E-state index is 12.9. The zero-order chi connectivity index (χ0) is 18.3. The van der Waals surface area contributed by atoms with Crippen molar-refractivity contribution in [3.8, 4) is 0 Å². The largest absolute Gasteiger partial charge is 0.383 e. The lowest BCUT2D eigenvalue weighted by Gasteiger charge is -2.36. The number of hydrogen-bond acceptors (Lipinski definition) is 5. The van der Waals surface area contributed by atoms with Crippen LogP contribution in [0.1, 0.15) is 16.1 Å². The molecule has 4 rings (SSSR count). The lowest BCUT2D eigenvalue weighted by Crippen LogP contribution is -2.54. The van der Waals surface area contributed by atoms with Gasteiger partial charge in [0, 0.05) is 39.1 Å². The first-order valence-corrected chi connectivity index (χ1v) is 8.71. The molecule has 2 fully saturated rings. The fraction of sp³-hybridized carbons (Fsp3) is 0.500. The second-order valence-corrected chi connectivity index (χ2v) is 6.80. The number of methoxy groups -OCH3 is 1. The van der Waals surface area contributed by atoms with Gasteiger partial charge in [0.15, 0.2) is 0 Å². The normalized spacial score (nSPS) is 22.9. The quantitative estimate of drug-likeness (QED) is 0.788. The Morgan fingerprint density at radius 2 is 2.19 bits per heavy atom. The summed E-state index contributed by atoms with van der Waals surface area (Å²) in [6.07, 6.45) is 3.53. The lowest BCUT2D eigenvalue weighted by molar-refractivity contribution is -0.153. The van der Waals surface area contributed by atoms with E-state index in [9.17, 15) is 9.59 Å². The van der Waals surface area contributed by atoms with Gasteiger partial charge in [-0.25, -0.2) is 4.98 Å². The molecular weight excluding hydrogens is 336 g/mol. The number of rotatable bonds is 4. The molecule has 0 saturated carbocycles. The van der Waals surface area contributed by atoms with Crippen molar-refractivity contribution in [1.82, 2.24) is 19.2 Å². The average Bonchev–Trinajstić information content (AvgIpc) is 3.24. The van der Waals surface area contributed by atoms with Crippen LogP contribution in [0.25, 0.3) is 5.65 Å². The maximum Gasteiger partial charge on any atom is 0.274 e. The smallest absolute Gasteiger partial charge is 0.274 e. The number of likely N-dealkylation sites (tertiary alicyclic amines) is 1. The average molecular weight is 358 g/mol. The highest BCUT2D eigenvalue weighted by molar-refractivity contribution is 5.93. The van der Waals surface area contributed by atoms with E-state index in [-0.39, 0.29) is 30.6 Å². The Labute approximate surface area is 151 Å². The Hall–Kier alpha value is -2.45. The summed E-state index contributed by atoms with van der Waals surface area (Å²) < 4.78 is 12.6. The van der Waals surface area contributed by atoms with Gasteiger partial charge in [-0.2, -0.15) is 0 Å². The van der Waals surface area contributed by atoms with Crippen molar-refractivity contribution in [2.24, 2.45) is 0 Å². The van der Waals surface area contributed by atoms with E-state index < -0.39 is 0 Å². The Bertz CT molecular complexity index is 849. The van der Waals surface area contributed by atoms with Crippen LogP contribution in [0.3, 0.4) is 0 Å². The number of aromatic nitrogens is 2. The molecule has 2 aromatic heterocycles. The SMILES string of the molecule is COCCN1C(=O)CO[C@H]2CN(C(=O)c3cn4cc(C)ccc4n3)C[C@@H]21. The van der Waals surface area contributed by atoms with E-state index in [1.165, 1.54) is 0 Å². The Morgan fingerprint density at radius 1 is 1.35 bits per heavy atom. The van der Waals surface area contributed by atoms with Crippen molar-refractivity contribution in [1.29, 1.82) is 0 Å². The van der Waals surface area contributed by atoms with Crippen LogP contribution >= 0.6 is 0 Å². The topological polar surface area (TPSA) is 76.4 Å². The zero-order valence-electron chi connectivity index (χ0n) is 14.9. The minimum Gasteiger partial charge on any atom is -0.383 e. The van der Waals surface area contributed by atoms with Gasteiger partial charge in [0.25, 0.3) is 5.91 Å². The van der Waals surface area contributed by atoms with Crippen LogP contribution in [0.4, 0.5) is 0 Å². The van der Waals surface area contributed by atoms with Crippen LogP contribution < -0.4 is 0 Å². The predicted octanol–water partition coefficient (Wildman–Crippen LogP) is 0.341. The third kappa shape index (κ3) is 2.95. The molecule has 4 heterocycles. The number of fused-ring (bicyclic) bond motifs is 2. The fourth-order valence-electron chi connectivity index (χ4n) is 3.68. The minimum absolute atomic E-state index is 0.0548. The summed E-state index contributed by atoms with van der Waals surface area (Å²) in [6, 6.07) is 3.73. The molecule has 138 valence electrons.